The van der Waals surface area contributed by atoms with Crippen LogP contribution in [0.2, 0.25) is 0 Å². The molecule has 1 fully saturated rings. The molecule has 0 bridgehead atoms. The smallest absolute Gasteiger partial charge is 0.323 e. The summed E-state index contributed by atoms with van der Waals surface area (Å²) in [4.78, 5) is 24.9. The number of carbonyl (C=O) groups is 1. The molecule has 0 spiro atoms. The van der Waals surface area contributed by atoms with Crippen molar-refractivity contribution in [1.29, 1.82) is 0 Å². The number of aromatic nitrogens is 1. The summed E-state index contributed by atoms with van der Waals surface area (Å²) in [6, 6.07) is 9.36. The molecule has 8 nitrogen and oxygen atoms in total. The number of hydrogen-bond acceptors (Lipinski definition) is 6. The Hall–Kier alpha value is -3.43. The highest BCUT2D eigenvalue weighted by Crippen LogP contribution is 2.30. The molecule has 9 heteroatoms. The van der Waals surface area contributed by atoms with E-state index < -0.39 is 23.8 Å². The van der Waals surface area contributed by atoms with Crippen LogP contribution in [0, 0.1) is 5.82 Å². The minimum Gasteiger partial charge on any atom is -0.491 e. The summed E-state index contributed by atoms with van der Waals surface area (Å²) in [5, 5.41) is 9.24. The van der Waals surface area contributed by atoms with E-state index in [0.29, 0.717) is 44.2 Å². The van der Waals surface area contributed by atoms with Gasteiger partial charge in [-0.2, -0.15) is 0 Å². The fourth-order valence-corrected chi connectivity index (χ4v) is 4.18. The van der Waals surface area contributed by atoms with Crippen molar-refractivity contribution in [3.05, 3.63) is 58.6 Å². The van der Waals surface area contributed by atoms with Gasteiger partial charge in [0.15, 0.2) is 11.7 Å². The Balaban J connectivity index is 1.58. The molecule has 36 heavy (non-hydrogen) atoms. The molecule has 1 saturated heterocycles. The predicted molar refractivity (Wildman–Crippen MR) is 132 cm³/mol. The van der Waals surface area contributed by atoms with Crippen molar-refractivity contribution in [2.24, 2.45) is 0 Å². The lowest BCUT2D eigenvalue weighted by molar-refractivity contribution is -0.165. The van der Waals surface area contributed by atoms with E-state index in [1.165, 1.54) is 22.9 Å². The van der Waals surface area contributed by atoms with Gasteiger partial charge in [-0.1, -0.05) is 19.1 Å². The quantitative estimate of drug-likeness (QED) is 0.385. The average molecular weight is 500 g/mol. The van der Waals surface area contributed by atoms with Crippen LogP contribution in [0.3, 0.4) is 0 Å². The SMILES string of the molecule is CCCOc1ccc(F)c2c(=O)c(-c3ccc(OCCOC4CCCCO4)cc3)cn(CC(=O)O)c12. The van der Waals surface area contributed by atoms with E-state index >= 15 is 0 Å². The van der Waals surface area contributed by atoms with Crippen LogP contribution in [0.4, 0.5) is 4.39 Å². The Labute approximate surface area is 208 Å². The topological polar surface area (TPSA) is 96.2 Å². The number of fused-ring (bicyclic) bond motifs is 1. The average Bonchev–Trinajstić information content (AvgIpc) is 2.88. The summed E-state index contributed by atoms with van der Waals surface area (Å²) in [7, 11) is 0. The van der Waals surface area contributed by atoms with E-state index in [0.717, 1.165) is 19.3 Å². The molecule has 0 aliphatic carbocycles. The first kappa shape index (κ1) is 25.7. The third-order valence-corrected chi connectivity index (χ3v) is 5.86. The monoisotopic (exact) mass is 499 g/mol. The molecule has 2 aromatic carbocycles. The number of ether oxygens (including phenoxy) is 4. The molecule has 2 heterocycles. The first-order valence-corrected chi connectivity index (χ1v) is 12.1. The van der Waals surface area contributed by atoms with Crippen molar-refractivity contribution < 1.29 is 33.2 Å². The van der Waals surface area contributed by atoms with Crippen molar-refractivity contribution in [3.8, 4) is 22.6 Å². The number of carboxylic acid groups (broad SMARTS) is 1. The highest BCUT2D eigenvalue weighted by Gasteiger charge is 2.19. The van der Waals surface area contributed by atoms with Crippen LogP contribution >= 0.6 is 0 Å². The number of halogens is 1. The number of benzene rings is 2. The van der Waals surface area contributed by atoms with Crippen molar-refractivity contribution in [2.75, 3.05) is 26.4 Å². The maximum absolute atomic E-state index is 14.9. The van der Waals surface area contributed by atoms with E-state index in [-0.39, 0.29) is 28.5 Å². The summed E-state index contributed by atoms with van der Waals surface area (Å²) in [5.74, 6) is -1.01. The lowest BCUT2D eigenvalue weighted by Crippen LogP contribution is -2.24. The van der Waals surface area contributed by atoms with Crippen LogP contribution in [0.5, 0.6) is 11.5 Å². The van der Waals surface area contributed by atoms with Gasteiger partial charge in [-0.25, -0.2) is 4.39 Å². The minimum absolute atomic E-state index is 0.126. The molecule has 0 radical (unpaired) electrons. The molecule has 1 unspecified atom stereocenters. The molecule has 3 aromatic rings. The van der Waals surface area contributed by atoms with E-state index in [9.17, 15) is 19.1 Å². The molecular formula is C27H30FNO7. The third kappa shape index (κ3) is 6.03. The highest BCUT2D eigenvalue weighted by molar-refractivity contribution is 5.90. The van der Waals surface area contributed by atoms with Crippen molar-refractivity contribution in [1.82, 2.24) is 4.57 Å². The zero-order chi connectivity index (χ0) is 25.5. The number of hydrogen-bond donors (Lipinski definition) is 1. The van der Waals surface area contributed by atoms with Gasteiger partial charge >= 0.3 is 5.97 Å². The van der Waals surface area contributed by atoms with Crippen molar-refractivity contribution in [3.63, 3.8) is 0 Å². The summed E-state index contributed by atoms with van der Waals surface area (Å²) in [6.07, 6.45) is 4.99. The molecule has 4 rings (SSSR count). The van der Waals surface area contributed by atoms with Gasteiger partial charge < -0.3 is 28.6 Å². The second-order valence-electron chi connectivity index (χ2n) is 8.55. The molecule has 0 saturated carbocycles. The van der Waals surface area contributed by atoms with Gasteiger partial charge in [0.1, 0.15) is 30.5 Å². The Morgan fingerprint density at radius 3 is 2.61 bits per heavy atom. The van der Waals surface area contributed by atoms with Crippen LogP contribution < -0.4 is 14.9 Å². The van der Waals surface area contributed by atoms with Crippen molar-refractivity contribution in [2.45, 2.75) is 45.4 Å². The molecule has 1 N–H and O–H groups in total. The summed E-state index contributed by atoms with van der Waals surface area (Å²) >= 11 is 0. The molecule has 0 amide bonds. The van der Waals surface area contributed by atoms with E-state index in [1.807, 2.05) is 6.92 Å². The first-order valence-electron chi connectivity index (χ1n) is 12.1. The fourth-order valence-electron chi connectivity index (χ4n) is 4.18. The van der Waals surface area contributed by atoms with Gasteiger partial charge in [-0.3, -0.25) is 9.59 Å². The maximum atomic E-state index is 14.9. The first-order chi connectivity index (χ1) is 17.5. The van der Waals surface area contributed by atoms with E-state index in [1.54, 1.807) is 24.3 Å². The Morgan fingerprint density at radius 2 is 1.92 bits per heavy atom. The van der Waals surface area contributed by atoms with Crippen LogP contribution in [0.25, 0.3) is 22.0 Å². The summed E-state index contributed by atoms with van der Waals surface area (Å²) < 4.78 is 38.8. The highest BCUT2D eigenvalue weighted by atomic mass is 19.1. The largest absolute Gasteiger partial charge is 0.491 e. The maximum Gasteiger partial charge on any atom is 0.323 e. The molecule has 1 atom stereocenters. The standard InChI is InChI=1S/C27H30FNO7/c1-2-12-34-22-11-10-21(28)25-26(22)29(17-23(30)31)16-20(27(25)32)18-6-8-19(9-7-18)33-14-15-36-24-5-3-4-13-35-24/h6-11,16,24H,2-5,12-15,17H2,1H3,(H,30,31). The number of aliphatic carboxylic acids is 1. The molecule has 1 aliphatic heterocycles. The Kier molecular flexibility index (Phi) is 8.56. The second-order valence-corrected chi connectivity index (χ2v) is 8.55. The van der Waals surface area contributed by atoms with Gasteiger partial charge in [-0.05, 0) is 55.5 Å². The van der Waals surface area contributed by atoms with Gasteiger partial charge in [0.25, 0.3) is 0 Å². The lowest BCUT2D eigenvalue weighted by atomic mass is 10.0. The Bertz CT molecular complexity index is 1250. The van der Waals surface area contributed by atoms with Gasteiger partial charge in [0.2, 0.25) is 0 Å². The van der Waals surface area contributed by atoms with Crippen LogP contribution in [-0.4, -0.2) is 48.4 Å². The van der Waals surface area contributed by atoms with Gasteiger partial charge in [0, 0.05) is 18.4 Å². The number of carboxylic acids is 1. The van der Waals surface area contributed by atoms with Crippen LogP contribution in [0.15, 0.2) is 47.4 Å². The predicted octanol–water partition coefficient (Wildman–Crippen LogP) is 4.60. The molecule has 1 aromatic heterocycles. The van der Waals surface area contributed by atoms with Crippen molar-refractivity contribution >= 4 is 16.9 Å². The molecule has 192 valence electrons. The third-order valence-electron chi connectivity index (χ3n) is 5.86. The zero-order valence-corrected chi connectivity index (χ0v) is 20.2. The van der Waals surface area contributed by atoms with E-state index in [4.69, 9.17) is 18.9 Å². The number of nitrogens with zero attached hydrogens (tertiary/aromatic N) is 1. The normalized spacial score (nSPS) is 15.7. The summed E-state index contributed by atoms with van der Waals surface area (Å²) in [5.41, 5.74) is 0.279. The fraction of sp³-hybridized carbons (Fsp3) is 0.407. The summed E-state index contributed by atoms with van der Waals surface area (Å²) in [6.45, 7) is 3.25. The van der Waals surface area contributed by atoms with E-state index in [2.05, 4.69) is 0 Å². The zero-order valence-electron chi connectivity index (χ0n) is 20.2. The second kappa shape index (κ2) is 12.0. The number of pyridine rings is 1. The Morgan fingerprint density at radius 1 is 1.11 bits per heavy atom. The molecular weight excluding hydrogens is 469 g/mol. The number of rotatable bonds is 11. The van der Waals surface area contributed by atoms with Gasteiger partial charge in [0.05, 0.1) is 24.1 Å². The van der Waals surface area contributed by atoms with Crippen LogP contribution in [-0.2, 0) is 20.8 Å². The lowest BCUT2D eigenvalue weighted by Gasteiger charge is -2.22. The van der Waals surface area contributed by atoms with Gasteiger partial charge in [-0.15, -0.1) is 0 Å². The van der Waals surface area contributed by atoms with Crippen LogP contribution in [0.1, 0.15) is 32.6 Å². The molecule has 1 aliphatic rings. The minimum atomic E-state index is -1.12.